The van der Waals surface area contributed by atoms with Crippen LogP contribution in [0.15, 0.2) is 66.7 Å². The van der Waals surface area contributed by atoms with Gasteiger partial charge in [-0.25, -0.2) is 13.6 Å². The van der Waals surface area contributed by atoms with Crippen molar-refractivity contribution in [2.24, 2.45) is 0 Å². The molecule has 0 aliphatic carbocycles. The summed E-state index contributed by atoms with van der Waals surface area (Å²) in [5.41, 5.74) is 1.28. The largest absolute Gasteiger partial charge is 0.386 e. The zero-order chi connectivity index (χ0) is 23.1. The van der Waals surface area contributed by atoms with Crippen molar-refractivity contribution in [3.05, 3.63) is 95.1 Å². The minimum atomic E-state index is -1.37. The van der Waals surface area contributed by atoms with Crippen molar-refractivity contribution >= 4 is 23.3 Å². The molecule has 0 saturated heterocycles. The fourth-order valence-electron chi connectivity index (χ4n) is 2.85. The predicted octanol–water partition coefficient (Wildman–Crippen LogP) is 3.94. The van der Waals surface area contributed by atoms with E-state index in [9.17, 15) is 23.5 Å². The van der Waals surface area contributed by atoms with Gasteiger partial charge in [-0.3, -0.25) is 4.79 Å². The van der Waals surface area contributed by atoms with Crippen molar-refractivity contribution in [3.8, 4) is 6.07 Å². The van der Waals surface area contributed by atoms with Gasteiger partial charge in [0.2, 0.25) is 0 Å². The van der Waals surface area contributed by atoms with Gasteiger partial charge < -0.3 is 21.1 Å². The Morgan fingerprint density at radius 2 is 1.69 bits per heavy atom. The molecule has 0 radical (unpaired) electrons. The highest BCUT2D eigenvalue weighted by Gasteiger charge is 2.15. The molecule has 3 amide bonds. The van der Waals surface area contributed by atoms with Gasteiger partial charge in [-0.1, -0.05) is 18.2 Å². The Morgan fingerprint density at radius 3 is 2.41 bits per heavy atom. The number of carbonyl (C=O) groups is 2. The van der Waals surface area contributed by atoms with E-state index in [0.717, 1.165) is 12.1 Å². The number of benzene rings is 3. The molecule has 162 valence electrons. The maximum atomic E-state index is 13.7. The van der Waals surface area contributed by atoms with Crippen molar-refractivity contribution < 1.29 is 23.5 Å². The maximum absolute atomic E-state index is 13.7. The Balaban J connectivity index is 1.58. The molecule has 32 heavy (non-hydrogen) atoms. The van der Waals surface area contributed by atoms with Crippen LogP contribution in [0, 0.1) is 23.0 Å². The number of urea groups is 1. The molecular formula is C23H18F2N4O3. The molecule has 0 aromatic heterocycles. The summed E-state index contributed by atoms with van der Waals surface area (Å²) in [7, 11) is 0. The van der Waals surface area contributed by atoms with Gasteiger partial charge in [0.25, 0.3) is 5.91 Å². The quantitative estimate of drug-likeness (QED) is 0.469. The minimum Gasteiger partial charge on any atom is -0.386 e. The van der Waals surface area contributed by atoms with Gasteiger partial charge in [0.1, 0.15) is 11.6 Å². The zero-order valence-corrected chi connectivity index (χ0v) is 16.6. The molecule has 3 aromatic rings. The third-order valence-electron chi connectivity index (χ3n) is 4.41. The highest BCUT2D eigenvalue weighted by Crippen LogP contribution is 2.18. The summed E-state index contributed by atoms with van der Waals surface area (Å²) < 4.78 is 26.7. The average molecular weight is 436 g/mol. The molecule has 0 fully saturated rings. The second kappa shape index (κ2) is 10.1. The summed E-state index contributed by atoms with van der Waals surface area (Å²) in [4.78, 5) is 24.6. The van der Waals surface area contributed by atoms with Crippen LogP contribution >= 0.6 is 0 Å². The lowest BCUT2D eigenvalue weighted by Gasteiger charge is -2.14. The van der Waals surface area contributed by atoms with Gasteiger partial charge in [0.05, 0.1) is 17.7 Å². The van der Waals surface area contributed by atoms with Gasteiger partial charge in [0, 0.05) is 35.1 Å². The Kier molecular flexibility index (Phi) is 7.10. The fraction of sp³-hybridized carbons (Fsp3) is 0.0870. The van der Waals surface area contributed by atoms with Crippen molar-refractivity contribution in [1.82, 2.24) is 5.32 Å². The fourth-order valence-corrected chi connectivity index (χ4v) is 2.85. The van der Waals surface area contributed by atoms with Gasteiger partial charge in [-0.15, -0.1) is 0 Å². The van der Waals surface area contributed by atoms with Crippen molar-refractivity contribution in [3.63, 3.8) is 0 Å². The number of rotatable bonds is 6. The Bertz CT molecular complexity index is 1190. The lowest BCUT2D eigenvalue weighted by atomic mass is 10.1. The van der Waals surface area contributed by atoms with Crippen LogP contribution in [0.25, 0.3) is 0 Å². The van der Waals surface area contributed by atoms with Crippen molar-refractivity contribution in [2.75, 3.05) is 17.2 Å². The molecule has 0 spiro atoms. The number of nitriles is 1. The predicted molar refractivity (Wildman–Crippen MR) is 114 cm³/mol. The molecule has 0 saturated carbocycles. The van der Waals surface area contributed by atoms with Gasteiger partial charge >= 0.3 is 6.03 Å². The first-order valence-corrected chi connectivity index (χ1v) is 9.45. The number of aliphatic hydroxyl groups excluding tert-OH is 1. The van der Waals surface area contributed by atoms with Crippen LogP contribution in [-0.2, 0) is 0 Å². The number of nitrogens with zero attached hydrogens (tertiary/aromatic N) is 1. The van der Waals surface area contributed by atoms with Gasteiger partial charge in [0.15, 0.2) is 0 Å². The topological polar surface area (TPSA) is 114 Å². The number of carbonyl (C=O) groups excluding carboxylic acids is 2. The molecule has 4 N–H and O–H groups in total. The van der Waals surface area contributed by atoms with Crippen LogP contribution in [0.3, 0.4) is 0 Å². The number of hydrogen-bond acceptors (Lipinski definition) is 4. The number of halogens is 2. The molecule has 0 bridgehead atoms. The summed E-state index contributed by atoms with van der Waals surface area (Å²) >= 11 is 0. The standard InChI is InChI=1S/C23H18F2N4O3/c24-16-7-8-19(20(25)11-16)21(30)13-27-23(32)29-18-6-2-4-15(10-18)22(31)28-17-5-1-3-14(9-17)12-26/h1-11,21,30H,13H2,(H,28,31)(H2,27,29,32). The Morgan fingerprint density at radius 1 is 0.969 bits per heavy atom. The van der Waals surface area contributed by atoms with E-state index in [4.69, 9.17) is 5.26 Å². The van der Waals surface area contributed by atoms with Crippen molar-refractivity contribution in [1.29, 1.82) is 5.26 Å². The number of nitrogens with one attached hydrogen (secondary N) is 3. The molecule has 9 heteroatoms. The highest BCUT2D eigenvalue weighted by molar-refractivity contribution is 6.05. The first kappa shape index (κ1) is 22.4. The van der Waals surface area contributed by atoms with Crippen molar-refractivity contribution in [2.45, 2.75) is 6.10 Å². The summed E-state index contributed by atoms with van der Waals surface area (Å²) in [5.74, 6) is -2.13. The first-order chi connectivity index (χ1) is 15.4. The lowest BCUT2D eigenvalue weighted by Crippen LogP contribution is -2.32. The molecule has 7 nitrogen and oxygen atoms in total. The number of anilines is 2. The van der Waals surface area contributed by atoms with Crippen LogP contribution in [-0.4, -0.2) is 23.6 Å². The smallest absolute Gasteiger partial charge is 0.319 e. The normalized spacial score (nSPS) is 11.2. The van der Waals surface area contributed by atoms with Crippen LogP contribution in [0.5, 0.6) is 0 Å². The molecule has 3 aromatic carbocycles. The molecule has 1 atom stereocenters. The van der Waals surface area contributed by atoms with E-state index in [1.165, 1.54) is 12.1 Å². The van der Waals surface area contributed by atoms with E-state index < -0.39 is 29.7 Å². The lowest BCUT2D eigenvalue weighted by molar-refractivity contribution is 0.102. The summed E-state index contributed by atoms with van der Waals surface area (Å²) in [5, 5.41) is 26.5. The van der Waals surface area contributed by atoms with Gasteiger partial charge in [-0.05, 0) is 42.5 Å². The highest BCUT2D eigenvalue weighted by atomic mass is 19.1. The summed E-state index contributed by atoms with van der Waals surface area (Å²) in [6, 6.07) is 16.6. The molecule has 0 heterocycles. The second-order valence-electron chi connectivity index (χ2n) is 6.74. The van der Waals surface area contributed by atoms with Crippen LogP contribution < -0.4 is 16.0 Å². The number of aliphatic hydroxyl groups is 1. The van der Waals surface area contributed by atoms with E-state index >= 15 is 0 Å². The summed E-state index contributed by atoms with van der Waals surface area (Å²) in [6.45, 7) is -0.316. The molecular weight excluding hydrogens is 418 g/mol. The van der Waals surface area contributed by atoms with E-state index in [0.29, 0.717) is 23.0 Å². The van der Waals surface area contributed by atoms with Gasteiger partial charge in [-0.2, -0.15) is 5.26 Å². The average Bonchev–Trinajstić information content (AvgIpc) is 2.77. The van der Waals surface area contributed by atoms with E-state index in [1.807, 2.05) is 6.07 Å². The Labute approximate surface area is 182 Å². The third kappa shape index (κ3) is 5.87. The SMILES string of the molecule is N#Cc1cccc(NC(=O)c2cccc(NC(=O)NCC(O)c3ccc(F)cc3F)c2)c1. The van der Waals surface area contributed by atoms with E-state index in [1.54, 1.807) is 36.4 Å². The number of hydrogen-bond donors (Lipinski definition) is 4. The first-order valence-electron chi connectivity index (χ1n) is 9.45. The molecule has 1 unspecified atom stereocenters. The molecule has 0 aliphatic heterocycles. The van der Waals surface area contributed by atoms with E-state index in [-0.39, 0.29) is 17.7 Å². The van der Waals surface area contributed by atoms with Crippen LogP contribution in [0.2, 0.25) is 0 Å². The number of amides is 3. The monoisotopic (exact) mass is 436 g/mol. The van der Waals surface area contributed by atoms with Crippen LogP contribution in [0.1, 0.15) is 27.6 Å². The summed E-state index contributed by atoms with van der Waals surface area (Å²) in [6.07, 6.45) is -1.37. The molecule has 0 aliphatic rings. The Hall–Kier alpha value is -4.29. The molecule has 3 rings (SSSR count). The van der Waals surface area contributed by atoms with E-state index in [2.05, 4.69) is 16.0 Å². The maximum Gasteiger partial charge on any atom is 0.319 e. The minimum absolute atomic E-state index is 0.147. The third-order valence-corrected chi connectivity index (χ3v) is 4.41. The van der Waals surface area contributed by atoms with Crippen LogP contribution in [0.4, 0.5) is 25.0 Å². The zero-order valence-electron chi connectivity index (χ0n) is 16.6. The second-order valence-corrected chi connectivity index (χ2v) is 6.74.